The van der Waals surface area contributed by atoms with Crippen LogP contribution in [-0.4, -0.2) is 30.6 Å². The molecule has 1 atom stereocenters. The number of nitrogen functional groups attached to an aromatic ring is 1. The fourth-order valence-corrected chi connectivity index (χ4v) is 1.93. The summed E-state index contributed by atoms with van der Waals surface area (Å²) in [5, 5.41) is 3.49. The van der Waals surface area contributed by atoms with Gasteiger partial charge in [0.15, 0.2) is 0 Å². The Morgan fingerprint density at radius 1 is 1.29 bits per heavy atom. The number of benzene rings is 1. The van der Waals surface area contributed by atoms with Gasteiger partial charge in [0.25, 0.3) is 0 Å². The Morgan fingerprint density at radius 3 is 2.47 bits per heavy atom. The van der Waals surface area contributed by atoms with Crippen LogP contribution in [0.4, 0.5) is 11.4 Å². The van der Waals surface area contributed by atoms with E-state index in [0.717, 1.165) is 36.6 Å². The van der Waals surface area contributed by atoms with Crippen LogP contribution >= 0.6 is 0 Å². The number of rotatable bonds is 6. The molecule has 0 saturated heterocycles. The predicted octanol–water partition coefficient (Wildman–Crippen LogP) is 2.72. The highest BCUT2D eigenvalue weighted by molar-refractivity contribution is 5.58. The summed E-state index contributed by atoms with van der Waals surface area (Å²) in [4.78, 5) is 2.41. The molecule has 1 rings (SSSR count). The molecule has 0 aliphatic rings. The standard InChI is InChI=1S/C14H25N3/c1-5-17(6-2)10-12(4)16-13-8-7-11(3)14(15)9-13/h7-9,12,16H,5-6,10,15H2,1-4H3. The topological polar surface area (TPSA) is 41.3 Å². The molecule has 1 aromatic carbocycles. The molecule has 0 bridgehead atoms. The second kappa shape index (κ2) is 6.50. The Hall–Kier alpha value is -1.22. The van der Waals surface area contributed by atoms with Gasteiger partial charge in [0.1, 0.15) is 0 Å². The Kier molecular flexibility index (Phi) is 5.29. The highest BCUT2D eigenvalue weighted by Crippen LogP contribution is 2.17. The molecule has 0 aliphatic heterocycles. The third-order valence-electron chi connectivity index (χ3n) is 3.12. The van der Waals surface area contributed by atoms with Gasteiger partial charge in [-0.3, -0.25) is 0 Å². The van der Waals surface area contributed by atoms with Crippen molar-refractivity contribution in [1.82, 2.24) is 4.90 Å². The first kappa shape index (κ1) is 13.8. The quantitative estimate of drug-likeness (QED) is 0.745. The summed E-state index contributed by atoms with van der Waals surface area (Å²) in [6, 6.07) is 6.58. The van der Waals surface area contributed by atoms with E-state index in [1.165, 1.54) is 0 Å². The lowest BCUT2D eigenvalue weighted by molar-refractivity contribution is 0.295. The summed E-state index contributed by atoms with van der Waals surface area (Å²) in [5.41, 5.74) is 8.99. The molecule has 0 radical (unpaired) electrons. The van der Waals surface area contributed by atoms with Crippen molar-refractivity contribution in [2.75, 3.05) is 30.7 Å². The van der Waals surface area contributed by atoms with Crippen LogP contribution in [0.25, 0.3) is 0 Å². The fourth-order valence-electron chi connectivity index (χ4n) is 1.93. The molecule has 1 aromatic rings. The summed E-state index contributed by atoms with van der Waals surface area (Å²) in [7, 11) is 0. The van der Waals surface area contributed by atoms with Gasteiger partial charge < -0.3 is 16.0 Å². The van der Waals surface area contributed by atoms with Gasteiger partial charge in [-0.05, 0) is 44.6 Å². The summed E-state index contributed by atoms with van der Waals surface area (Å²) in [5.74, 6) is 0. The molecule has 0 fully saturated rings. The molecule has 17 heavy (non-hydrogen) atoms. The van der Waals surface area contributed by atoms with Crippen LogP contribution < -0.4 is 11.1 Å². The summed E-state index contributed by atoms with van der Waals surface area (Å²) in [6.07, 6.45) is 0. The minimum absolute atomic E-state index is 0.428. The molecule has 0 aromatic heterocycles. The van der Waals surface area contributed by atoms with E-state index in [2.05, 4.69) is 43.1 Å². The maximum absolute atomic E-state index is 5.90. The van der Waals surface area contributed by atoms with E-state index in [1.807, 2.05) is 13.0 Å². The number of likely N-dealkylation sites (N-methyl/N-ethyl adjacent to an activating group) is 1. The first-order valence-electron chi connectivity index (χ1n) is 6.41. The number of anilines is 2. The lowest BCUT2D eigenvalue weighted by Crippen LogP contribution is -2.34. The summed E-state index contributed by atoms with van der Waals surface area (Å²) in [6.45, 7) is 11.9. The molecular weight excluding hydrogens is 210 g/mol. The van der Waals surface area contributed by atoms with Crippen molar-refractivity contribution in [2.24, 2.45) is 0 Å². The molecule has 0 heterocycles. The monoisotopic (exact) mass is 235 g/mol. The minimum Gasteiger partial charge on any atom is -0.398 e. The van der Waals surface area contributed by atoms with Gasteiger partial charge >= 0.3 is 0 Å². The van der Waals surface area contributed by atoms with Crippen LogP contribution in [0.15, 0.2) is 18.2 Å². The van der Waals surface area contributed by atoms with E-state index in [-0.39, 0.29) is 0 Å². The molecular formula is C14H25N3. The minimum atomic E-state index is 0.428. The van der Waals surface area contributed by atoms with Crippen molar-refractivity contribution in [2.45, 2.75) is 33.7 Å². The normalized spacial score (nSPS) is 12.8. The van der Waals surface area contributed by atoms with Gasteiger partial charge in [-0.15, -0.1) is 0 Å². The fraction of sp³-hybridized carbons (Fsp3) is 0.571. The van der Waals surface area contributed by atoms with Gasteiger partial charge in [-0.1, -0.05) is 19.9 Å². The van der Waals surface area contributed by atoms with Crippen molar-refractivity contribution >= 4 is 11.4 Å². The molecule has 0 saturated carbocycles. The number of hydrogen-bond acceptors (Lipinski definition) is 3. The van der Waals surface area contributed by atoms with E-state index >= 15 is 0 Å². The maximum atomic E-state index is 5.90. The Balaban J connectivity index is 2.55. The zero-order chi connectivity index (χ0) is 12.8. The Bertz CT molecular complexity index is 345. The third-order valence-corrected chi connectivity index (χ3v) is 3.12. The van der Waals surface area contributed by atoms with Gasteiger partial charge in [0.05, 0.1) is 0 Å². The first-order chi connectivity index (χ1) is 8.06. The number of hydrogen-bond donors (Lipinski definition) is 2. The van der Waals surface area contributed by atoms with E-state index in [4.69, 9.17) is 5.73 Å². The lowest BCUT2D eigenvalue weighted by atomic mass is 10.1. The first-order valence-corrected chi connectivity index (χ1v) is 6.41. The van der Waals surface area contributed by atoms with Gasteiger partial charge in [-0.2, -0.15) is 0 Å². The van der Waals surface area contributed by atoms with Gasteiger partial charge in [0.2, 0.25) is 0 Å². The average Bonchev–Trinajstić information content (AvgIpc) is 2.31. The Labute approximate surface area is 105 Å². The average molecular weight is 235 g/mol. The highest BCUT2D eigenvalue weighted by Gasteiger charge is 2.07. The van der Waals surface area contributed by atoms with E-state index in [1.54, 1.807) is 0 Å². The van der Waals surface area contributed by atoms with Crippen LogP contribution in [-0.2, 0) is 0 Å². The Morgan fingerprint density at radius 2 is 1.94 bits per heavy atom. The van der Waals surface area contributed by atoms with Gasteiger partial charge in [-0.25, -0.2) is 0 Å². The van der Waals surface area contributed by atoms with Crippen molar-refractivity contribution in [3.05, 3.63) is 23.8 Å². The van der Waals surface area contributed by atoms with Crippen LogP contribution in [0, 0.1) is 6.92 Å². The molecule has 3 heteroatoms. The largest absolute Gasteiger partial charge is 0.398 e. The number of nitrogens with zero attached hydrogens (tertiary/aromatic N) is 1. The van der Waals surface area contributed by atoms with E-state index in [0.29, 0.717) is 6.04 Å². The SMILES string of the molecule is CCN(CC)CC(C)Nc1ccc(C)c(N)c1. The van der Waals surface area contributed by atoms with E-state index < -0.39 is 0 Å². The van der Waals surface area contributed by atoms with Gasteiger partial charge in [0, 0.05) is 24.0 Å². The maximum Gasteiger partial charge on any atom is 0.0364 e. The van der Waals surface area contributed by atoms with Crippen LogP contribution in [0.1, 0.15) is 26.3 Å². The summed E-state index contributed by atoms with van der Waals surface area (Å²) >= 11 is 0. The van der Waals surface area contributed by atoms with E-state index in [9.17, 15) is 0 Å². The molecule has 3 N–H and O–H groups in total. The van der Waals surface area contributed by atoms with Crippen LogP contribution in [0.3, 0.4) is 0 Å². The number of nitrogens with two attached hydrogens (primary N) is 1. The molecule has 0 aliphatic carbocycles. The summed E-state index contributed by atoms with van der Waals surface area (Å²) < 4.78 is 0. The van der Waals surface area contributed by atoms with Crippen LogP contribution in [0.5, 0.6) is 0 Å². The van der Waals surface area contributed by atoms with Crippen molar-refractivity contribution in [3.63, 3.8) is 0 Å². The second-order valence-electron chi connectivity index (χ2n) is 4.60. The van der Waals surface area contributed by atoms with Crippen molar-refractivity contribution < 1.29 is 0 Å². The second-order valence-corrected chi connectivity index (χ2v) is 4.60. The predicted molar refractivity (Wildman–Crippen MR) is 76.5 cm³/mol. The molecule has 0 amide bonds. The third kappa shape index (κ3) is 4.27. The van der Waals surface area contributed by atoms with Crippen LogP contribution in [0.2, 0.25) is 0 Å². The van der Waals surface area contributed by atoms with Crippen molar-refractivity contribution in [3.8, 4) is 0 Å². The smallest absolute Gasteiger partial charge is 0.0364 e. The lowest BCUT2D eigenvalue weighted by Gasteiger charge is -2.24. The molecule has 3 nitrogen and oxygen atoms in total. The zero-order valence-corrected chi connectivity index (χ0v) is 11.5. The molecule has 0 spiro atoms. The number of nitrogens with one attached hydrogen (secondary N) is 1. The zero-order valence-electron chi connectivity index (χ0n) is 11.5. The highest BCUT2D eigenvalue weighted by atomic mass is 15.1. The van der Waals surface area contributed by atoms with Crippen molar-refractivity contribution in [1.29, 1.82) is 0 Å². The molecule has 1 unspecified atom stereocenters. The number of aryl methyl sites for hydroxylation is 1. The molecule has 96 valence electrons.